The van der Waals surface area contributed by atoms with Crippen LogP contribution in [0.25, 0.3) is 16.5 Å². The smallest absolute Gasteiger partial charge is 0.361 e. The van der Waals surface area contributed by atoms with Crippen molar-refractivity contribution in [1.29, 1.82) is 0 Å². The van der Waals surface area contributed by atoms with E-state index in [2.05, 4.69) is 27.5 Å². The Morgan fingerprint density at radius 2 is 2.33 bits per heavy atom. The van der Waals surface area contributed by atoms with Gasteiger partial charge in [-0.15, -0.1) is 0 Å². The Hall–Kier alpha value is -1.59. The number of hydrogen-bond donors (Lipinski definition) is 1. The summed E-state index contributed by atoms with van der Waals surface area (Å²) in [5.41, 5.74) is 4.90. The second kappa shape index (κ2) is 6.03. The molecule has 0 fully saturated rings. The lowest BCUT2D eigenvalue weighted by molar-refractivity contribution is 0.0266. The van der Waals surface area contributed by atoms with Crippen molar-refractivity contribution in [2.75, 3.05) is 6.54 Å². The van der Waals surface area contributed by atoms with E-state index in [9.17, 15) is 4.79 Å². The van der Waals surface area contributed by atoms with E-state index in [1.165, 1.54) is 0 Å². The molecule has 1 aromatic heterocycles. The monoisotopic (exact) mass is 349 g/mol. The number of benzene rings is 1. The Bertz CT molecular complexity index is 718. The fourth-order valence-electron chi connectivity index (χ4n) is 2.56. The molecule has 0 atom stereocenters. The highest BCUT2D eigenvalue weighted by molar-refractivity contribution is 9.10. The minimum absolute atomic E-state index is 0.406. The zero-order valence-electron chi connectivity index (χ0n) is 11.7. The average Bonchev–Trinajstić information content (AvgIpc) is 3.10. The standard InChI is InChI=1S/C16H16BrNO3/c1-2-18-21-16(19)14-12-9-11(17)7-8-13(12)20-15(14)10-5-3-4-6-10/h5,7-9,18H,2-4,6H2,1H3. The normalized spacial score (nSPS) is 14.5. The molecule has 0 amide bonds. The van der Waals surface area contributed by atoms with Crippen LogP contribution in [0.4, 0.5) is 0 Å². The molecule has 110 valence electrons. The van der Waals surface area contributed by atoms with Gasteiger partial charge in [0, 0.05) is 16.4 Å². The van der Waals surface area contributed by atoms with Crippen LogP contribution < -0.4 is 5.48 Å². The third-order valence-corrected chi connectivity index (χ3v) is 3.99. The van der Waals surface area contributed by atoms with Crippen molar-refractivity contribution in [2.45, 2.75) is 26.2 Å². The summed E-state index contributed by atoms with van der Waals surface area (Å²) < 4.78 is 6.82. The van der Waals surface area contributed by atoms with Gasteiger partial charge >= 0.3 is 5.97 Å². The van der Waals surface area contributed by atoms with Gasteiger partial charge in [-0.05, 0) is 50.0 Å². The highest BCUT2D eigenvalue weighted by Crippen LogP contribution is 2.37. The summed E-state index contributed by atoms with van der Waals surface area (Å²) in [5.74, 6) is 0.236. The predicted octanol–water partition coefficient (Wildman–Crippen LogP) is 4.44. The van der Waals surface area contributed by atoms with Crippen LogP contribution in [0.15, 0.2) is 33.2 Å². The van der Waals surface area contributed by atoms with Gasteiger partial charge in [-0.1, -0.05) is 22.0 Å². The summed E-state index contributed by atoms with van der Waals surface area (Å²) in [4.78, 5) is 17.5. The van der Waals surface area contributed by atoms with Crippen molar-refractivity contribution in [3.8, 4) is 0 Å². The van der Waals surface area contributed by atoms with Crippen molar-refractivity contribution in [2.24, 2.45) is 0 Å². The maximum absolute atomic E-state index is 12.4. The molecule has 21 heavy (non-hydrogen) atoms. The second-order valence-electron chi connectivity index (χ2n) is 4.96. The molecule has 1 heterocycles. The molecule has 0 saturated heterocycles. The Morgan fingerprint density at radius 1 is 1.48 bits per heavy atom. The Balaban J connectivity index is 2.14. The quantitative estimate of drug-likeness (QED) is 0.828. The van der Waals surface area contributed by atoms with Crippen LogP contribution in [-0.4, -0.2) is 12.5 Å². The number of furan rings is 1. The van der Waals surface area contributed by atoms with Gasteiger partial charge in [-0.2, -0.15) is 5.48 Å². The van der Waals surface area contributed by atoms with Gasteiger partial charge in [0.1, 0.15) is 16.9 Å². The molecule has 0 unspecified atom stereocenters. The summed E-state index contributed by atoms with van der Waals surface area (Å²) in [5, 5.41) is 0.773. The second-order valence-corrected chi connectivity index (χ2v) is 5.87. The number of halogens is 1. The summed E-state index contributed by atoms with van der Waals surface area (Å²) in [6, 6.07) is 5.65. The van der Waals surface area contributed by atoms with E-state index in [1.807, 2.05) is 25.1 Å². The van der Waals surface area contributed by atoms with Crippen LogP contribution in [-0.2, 0) is 4.84 Å². The first-order valence-corrected chi connectivity index (χ1v) is 7.85. The van der Waals surface area contributed by atoms with Crippen LogP contribution >= 0.6 is 15.9 Å². The largest absolute Gasteiger partial charge is 0.455 e. The first-order valence-electron chi connectivity index (χ1n) is 7.06. The number of allylic oxidation sites excluding steroid dienone is 2. The number of carbonyl (C=O) groups is 1. The van der Waals surface area contributed by atoms with Gasteiger partial charge in [-0.3, -0.25) is 0 Å². The molecule has 0 spiro atoms. The Morgan fingerprint density at radius 3 is 3.05 bits per heavy atom. The maximum atomic E-state index is 12.4. The van der Waals surface area contributed by atoms with Gasteiger partial charge in [-0.25, -0.2) is 4.79 Å². The summed E-state index contributed by atoms with van der Waals surface area (Å²) in [6.45, 7) is 2.43. The SMILES string of the molecule is CCNOC(=O)c1c(C2=CCCC2)oc2ccc(Br)cc12. The molecule has 5 heteroatoms. The van der Waals surface area contributed by atoms with Crippen LogP contribution in [0.1, 0.15) is 42.3 Å². The van der Waals surface area contributed by atoms with Gasteiger partial charge in [0.15, 0.2) is 0 Å². The van der Waals surface area contributed by atoms with Gasteiger partial charge in [0.05, 0.1) is 0 Å². The van der Waals surface area contributed by atoms with E-state index in [1.54, 1.807) is 0 Å². The minimum atomic E-state index is -0.406. The zero-order chi connectivity index (χ0) is 14.8. The van der Waals surface area contributed by atoms with Crippen molar-refractivity contribution in [3.63, 3.8) is 0 Å². The predicted molar refractivity (Wildman–Crippen MR) is 84.8 cm³/mol. The van der Waals surface area contributed by atoms with Crippen LogP contribution in [0.5, 0.6) is 0 Å². The molecule has 1 aliphatic carbocycles. The molecule has 0 radical (unpaired) electrons. The molecule has 4 nitrogen and oxygen atoms in total. The summed E-state index contributed by atoms with van der Waals surface area (Å²) in [6.07, 6.45) is 5.19. The number of fused-ring (bicyclic) bond motifs is 1. The molecule has 0 saturated carbocycles. The number of carbonyl (C=O) groups excluding carboxylic acids is 1. The molecular formula is C16H16BrNO3. The number of nitrogens with one attached hydrogen (secondary N) is 1. The molecule has 3 rings (SSSR count). The average molecular weight is 350 g/mol. The first kappa shape index (κ1) is 14.4. The van der Waals surface area contributed by atoms with Crippen molar-refractivity contribution in [1.82, 2.24) is 5.48 Å². The zero-order valence-corrected chi connectivity index (χ0v) is 13.3. The third kappa shape index (κ3) is 2.76. The molecular weight excluding hydrogens is 334 g/mol. The Kier molecular flexibility index (Phi) is 4.12. The molecule has 0 aliphatic heterocycles. The number of rotatable bonds is 4. The fraction of sp³-hybridized carbons (Fsp3) is 0.312. The van der Waals surface area contributed by atoms with E-state index in [-0.39, 0.29) is 0 Å². The summed E-state index contributed by atoms with van der Waals surface area (Å²) in [7, 11) is 0. The van der Waals surface area contributed by atoms with E-state index >= 15 is 0 Å². The van der Waals surface area contributed by atoms with E-state index in [4.69, 9.17) is 9.25 Å². The van der Waals surface area contributed by atoms with Crippen molar-refractivity contribution < 1.29 is 14.0 Å². The molecule has 2 aromatic rings. The third-order valence-electron chi connectivity index (χ3n) is 3.50. The number of hydrogen-bond acceptors (Lipinski definition) is 4. The Labute approximate surface area is 131 Å². The van der Waals surface area contributed by atoms with E-state index < -0.39 is 5.97 Å². The van der Waals surface area contributed by atoms with Gasteiger partial charge in [0.25, 0.3) is 0 Å². The highest BCUT2D eigenvalue weighted by atomic mass is 79.9. The summed E-state index contributed by atoms with van der Waals surface area (Å²) >= 11 is 3.44. The minimum Gasteiger partial charge on any atom is -0.455 e. The van der Waals surface area contributed by atoms with Gasteiger partial charge < -0.3 is 9.25 Å². The molecule has 0 bridgehead atoms. The van der Waals surface area contributed by atoms with Crippen LogP contribution in [0.3, 0.4) is 0 Å². The molecule has 1 aromatic carbocycles. The van der Waals surface area contributed by atoms with E-state index in [0.29, 0.717) is 23.5 Å². The lowest BCUT2D eigenvalue weighted by atomic mass is 10.1. The van der Waals surface area contributed by atoms with Crippen LogP contribution in [0, 0.1) is 0 Å². The van der Waals surface area contributed by atoms with Crippen LogP contribution in [0.2, 0.25) is 0 Å². The lowest BCUT2D eigenvalue weighted by Gasteiger charge is -2.05. The fourth-order valence-corrected chi connectivity index (χ4v) is 2.93. The van der Waals surface area contributed by atoms with Crippen molar-refractivity contribution >= 4 is 38.4 Å². The number of hydroxylamine groups is 1. The maximum Gasteiger partial charge on any atom is 0.361 e. The lowest BCUT2D eigenvalue weighted by Crippen LogP contribution is -2.19. The highest BCUT2D eigenvalue weighted by Gasteiger charge is 2.25. The molecule has 1 aliphatic rings. The van der Waals surface area contributed by atoms with Gasteiger partial charge in [0.2, 0.25) is 0 Å². The topological polar surface area (TPSA) is 51.5 Å². The first-order chi connectivity index (χ1) is 10.2. The molecule has 1 N–H and O–H groups in total. The van der Waals surface area contributed by atoms with Crippen molar-refractivity contribution in [3.05, 3.63) is 40.1 Å². The van der Waals surface area contributed by atoms with E-state index in [0.717, 1.165) is 34.7 Å².